The summed E-state index contributed by atoms with van der Waals surface area (Å²) in [6.45, 7) is 0.614. The van der Waals surface area contributed by atoms with Gasteiger partial charge in [-0.05, 0) is 24.3 Å². The third kappa shape index (κ3) is 2.68. The molecule has 1 aromatic heterocycles. The number of nitrogens with zero attached hydrogens (tertiary/aromatic N) is 1. The van der Waals surface area contributed by atoms with Crippen molar-refractivity contribution in [2.45, 2.75) is 6.54 Å². The van der Waals surface area contributed by atoms with Gasteiger partial charge in [0.15, 0.2) is 0 Å². The van der Waals surface area contributed by atoms with Gasteiger partial charge in [-0.1, -0.05) is 41.4 Å². The van der Waals surface area contributed by atoms with Crippen LogP contribution in [0.4, 0.5) is 5.69 Å². The Morgan fingerprint density at radius 2 is 1.74 bits per heavy atom. The van der Waals surface area contributed by atoms with Gasteiger partial charge in [-0.25, -0.2) is 4.98 Å². The second-order valence-electron chi connectivity index (χ2n) is 4.03. The highest BCUT2D eigenvalue weighted by molar-refractivity contribution is 7.18. The fraction of sp³-hybridized carbons (Fsp3) is 0.0714. The van der Waals surface area contributed by atoms with Gasteiger partial charge in [0.1, 0.15) is 5.01 Å². The van der Waals surface area contributed by atoms with Crippen LogP contribution in [0.5, 0.6) is 0 Å². The highest BCUT2D eigenvalue weighted by atomic mass is 35.5. The van der Waals surface area contributed by atoms with E-state index in [0.29, 0.717) is 16.6 Å². The Morgan fingerprint density at radius 1 is 1.00 bits per heavy atom. The van der Waals surface area contributed by atoms with Crippen LogP contribution in [0.25, 0.3) is 10.2 Å². The smallest absolute Gasteiger partial charge is 0.113 e. The second-order valence-corrected chi connectivity index (χ2v) is 5.96. The van der Waals surface area contributed by atoms with Gasteiger partial charge in [-0.15, -0.1) is 11.3 Å². The van der Waals surface area contributed by atoms with Crippen molar-refractivity contribution in [2.24, 2.45) is 0 Å². The maximum absolute atomic E-state index is 6.11. The fourth-order valence-corrected chi connectivity index (χ4v) is 3.26. The molecule has 19 heavy (non-hydrogen) atoms. The molecule has 0 aliphatic heterocycles. The molecule has 0 bridgehead atoms. The molecule has 0 amide bonds. The predicted molar refractivity (Wildman–Crippen MR) is 83.4 cm³/mol. The first-order valence-corrected chi connectivity index (χ1v) is 7.33. The van der Waals surface area contributed by atoms with Crippen LogP contribution in [0.15, 0.2) is 42.5 Å². The first kappa shape index (κ1) is 12.7. The third-order valence-corrected chi connectivity index (χ3v) is 4.38. The lowest BCUT2D eigenvalue weighted by Crippen LogP contribution is -1.99. The van der Waals surface area contributed by atoms with E-state index in [-0.39, 0.29) is 0 Å². The van der Waals surface area contributed by atoms with Crippen LogP contribution in [0.1, 0.15) is 5.01 Å². The molecule has 0 spiro atoms. The molecule has 0 atom stereocenters. The maximum atomic E-state index is 6.11. The van der Waals surface area contributed by atoms with Gasteiger partial charge < -0.3 is 5.32 Å². The standard InChI is InChI=1S/C14H10Cl2N2S/c15-9-4-3-5-10(16)14(9)17-8-13-18-11-6-1-2-7-12(11)19-13/h1-7,17H,8H2. The van der Waals surface area contributed by atoms with Crippen molar-refractivity contribution in [3.8, 4) is 0 Å². The molecule has 1 heterocycles. The van der Waals surface area contributed by atoms with Crippen LogP contribution >= 0.6 is 34.5 Å². The van der Waals surface area contributed by atoms with Gasteiger partial charge in [0.25, 0.3) is 0 Å². The molecule has 2 nitrogen and oxygen atoms in total. The molecule has 3 aromatic rings. The first-order chi connectivity index (χ1) is 9.24. The van der Waals surface area contributed by atoms with E-state index >= 15 is 0 Å². The lowest BCUT2D eigenvalue weighted by atomic mass is 10.3. The fourth-order valence-electron chi connectivity index (χ4n) is 1.83. The lowest BCUT2D eigenvalue weighted by molar-refractivity contribution is 1.12. The van der Waals surface area contributed by atoms with E-state index < -0.39 is 0 Å². The van der Waals surface area contributed by atoms with Crippen LogP contribution < -0.4 is 5.32 Å². The van der Waals surface area contributed by atoms with Crippen LogP contribution in [-0.4, -0.2) is 4.98 Å². The molecule has 2 aromatic carbocycles. The van der Waals surface area contributed by atoms with Crippen LogP contribution in [0, 0.1) is 0 Å². The number of benzene rings is 2. The minimum Gasteiger partial charge on any atom is -0.376 e. The van der Waals surface area contributed by atoms with Gasteiger partial charge in [0, 0.05) is 0 Å². The summed E-state index contributed by atoms with van der Waals surface area (Å²) in [5.41, 5.74) is 1.78. The highest BCUT2D eigenvalue weighted by Crippen LogP contribution is 2.31. The Kier molecular flexibility index (Phi) is 3.60. The van der Waals surface area contributed by atoms with E-state index in [1.54, 1.807) is 11.3 Å². The zero-order valence-corrected chi connectivity index (χ0v) is 12.2. The molecule has 0 saturated carbocycles. The zero-order valence-electron chi connectivity index (χ0n) is 9.86. The van der Waals surface area contributed by atoms with Crippen molar-refractivity contribution >= 4 is 50.4 Å². The summed E-state index contributed by atoms with van der Waals surface area (Å²) in [6, 6.07) is 13.5. The Hall–Kier alpha value is -1.29. The van der Waals surface area contributed by atoms with Crippen molar-refractivity contribution in [3.05, 3.63) is 57.5 Å². The van der Waals surface area contributed by atoms with E-state index in [9.17, 15) is 0 Å². The number of hydrogen-bond acceptors (Lipinski definition) is 3. The molecule has 0 unspecified atom stereocenters. The number of fused-ring (bicyclic) bond motifs is 1. The Bertz CT molecular complexity index is 671. The summed E-state index contributed by atoms with van der Waals surface area (Å²) in [5.74, 6) is 0. The van der Waals surface area contributed by atoms with E-state index in [0.717, 1.165) is 16.2 Å². The summed E-state index contributed by atoms with van der Waals surface area (Å²) in [5, 5.41) is 5.49. The maximum Gasteiger partial charge on any atom is 0.113 e. The summed E-state index contributed by atoms with van der Waals surface area (Å²) < 4.78 is 1.18. The molecule has 1 N–H and O–H groups in total. The third-order valence-electron chi connectivity index (χ3n) is 2.72. The van der Waals surface area contributed by atoms with Crippen molar-refractivity contribution in [1.82, 2.24) is 4.98 Å². The molecular weight excluding hydrogens is 299 g/mol. The first-order valence-electron chi connectivity index (χ1n) is 5.76. The Balaban J connectivity index is 1.82. The van der Waals surface area contributed by atoms with Crippen molar-refractivity contribution in [1.29, 1.82) is 0 Å². The van der Waals surface area contributed by atoms with E-state index in [2.05, 4.69) is 16.4 Å². The van der Waals surface area contributed by atoms with Gasteiger partial charge in [-0.3, -0.25) is 0 Å². The number of aromatic nitrogens is 1. The number of rotatable bonds is 3. The quantitative estimate of drug-likeness (QED) is 0.718. The number of thiazole rings is 1. The zero-order chi connectivity index (χ0) is 13.2. The van der Waals surface area contributed by atoms with Crippen LogP contribution in [0.3, 0.4) is 0 Å². The van der Waals surface area contributed by atoms with Crippen molar-refractivity contribution < 1.29 is 0 Å². The number of para-hydroxylation sites is 2. The number of nitrogens with one attached hydrogen (secondary N) is 1. The normalized spacial score (nSPS) is 10.8. The Labute approximate surface area is 125 Å². The number of anilines is 1. The molecule has 96 valence electrons. The van der Waals surface area contributed by atoms with E-state index in [4.69, 9.17) is 23.2 Å². The van der Waals surface area contributed by atoms with Crippen LogP contribution in [0.2, 0.25) is 10.0 Å². The van der Waals surface area contributed by atoms with E-state index in [1.165, 1.54) is 4.70 Å². The van der Waals surface area contributed by atoms with Gasteiger partial charge in [0.05, 0.1) is 32.5 Å². The highest BCUT2D eigenvalue weighted by Gasteiger charge is 2.07. The summed E-state index contributed by atoms with van der Waals surface area (Å²) in [6.07, 6.45) is 0. The predicted octanol–water partition coefficient (Wildman–Crippen LogP) is 5.22. The SMILES string of the molecule is Clc1cccc(Cl)c1NCc1nc2ccccc2s1. The molecule has 5 heteroatoms. The van der Waals surface area contributed by atoms with Crippen molar-refractivity contribution in [2.75, 3.05) is 5.32 Å². The van der Waals surface area contributed by atoms with Crippen LogP contribution in [-0.2, 0) is 6.54 Å². The summed E-state index contributed by atoms with van der Waals surface area (Å²) in [7, 11) is 0. The monoisotopic (exact) mass is 308 g/mol. The minimum absolute atomic E-state index is 0.614. The number of hydrogen-bond donors (Lipinski definition) is 1. The van der Waals surface area contributed by atoms with E-state index in [1.807, 2.05) is 36.4 Å². The average molecular weight is 309 g/mol. The molecule has 0 aliphatic carbocycles. The summed E-state index contributed by atoms with van der Waals surface area (Å²) in [4.78, 5) is 4.56. The molecular formula is C14H10Cl2N2S. The summed E-state index contributed by atoms with van der Waals surface area (Å²) >= 11 is 13.9. The lowest BCUT2D eigenvalue weighted by Gasteiger charge is -2.08. The second kappa shape index (κ2) is 5.37. The van der Waals surface area contributed by atoms with Crippen molar-refractivity contribution in [3.63, 3.8) is 0 Å². The average Bonchev–Trinajstić information content (AvgIpc) is 2.81. The van der Waals surface area contributed by atoms with Gasteiger partial charge in [-0.2, -0.15) is 0 Å². The number of halogens is 2. The van der Waals surface area contributed by atoms with Gasteiger partial charge >= 0.3 is 0 Å². The molecule has 0 fully saturated rings. The minimum atomic E-state index is 0.614. The molecule has 0 radical (unpaired) electrons. The molecule has 0 aliphatic rings. The topological polar surface area (TPSA) is 24.9 Å². The Morgan fingerprint density at radius 3 is 2.47 bits per heavy atom. The molecule has 3 rings (SSSR count). The van der Waals surface area contributed by atoms with Gasteiger partial charge in [0.2, 0.25) is 0 Å². The molecule has 0 saturated heterocycles. The largest absolute Gasteiger partial charge is 0.376 e.